The van der Waals surface area contributed by atoms with Gasteiger partial charge in [0.2, 0.25) is 5.91 Å². The van der Waals surface area contributed by atoms with E-state index in [0.717, 1.165) is 12.8 Å². The topological polar surface area (TPSA) is 58.6 Å². The van der Waals surface area contributed by atoms with Crippen LogP contribution in [-0.2, 0) is 16.0 Å². The first kappa shape index (κ1) is 19.1. The van der Waals surface area contributed by atoms with Crippen LogP contribution in [0.1, 0.15) is 47.8 Å². The number of hydrogen-bond donors (Lipinski definition) is 1. The Morgan fingerprint density at radius 2 is 1.85 bits per heavy atom. The Bertz CT molecular complexity index is 815. The molecule has 1 aliphatic rings. The number of carbonyl (C=O) groups excluding carboxylic acids is 2. The molecule has 2 aromatic rings. The number of aryl methyl sites for hydroxylation is 1. The minimum Gasteiger partial charge on any atom is -0.459 e. The molecule has 1 aliphatic carbocycles. The van der Waals surface area contributed by atoms with E-state index in [9.17, 15) is 9.59 Å². The van der Waals surface area contributed by atoms with E-state index in [4.69, 9.17) is 4.74 Å². The van der Waals surface area contributed by atoms with Crippen LogP contribution >= 0.6 is 0 Å². The van der Waals surface area contributed by atoms with Gasteiger partial charge >= 0.3 is 5.97 Å². The molecule has 0 bridgehead atoms. The Balaban J connectivity index is 1.56. The lowest BCUT2D eigenvalue weighted by Gasteiger charge is -2.24. The predicted molar refractivity (Wildman–Crippen MR) is 106 cm³/mol. The smallest absolute Gasteiger partial charge is 0.338 e. The van der Waals surface area contributed by atoms with E-state index in [2.05, 4.69) is 34.5 Å². The molecule has 3 rings (SSSR count). The van der Waals surface area contributed by atoms with Crippen LogP contribution in [0.5, 0.6) is 0 Å². The number of anilines is 1. The molecule has 0 aromatic heterocycles. The second-order valence-corrected chi connectivity index (χ2v) is 7.25. The van der Waals surface area contributed by atoms with Crippen molar-refractivity contribution < 1.29 is 14.3 Å². The van der Waals surface area contributed by atoms with Crippen molar-refractivity contribution in [3.63, 3.8) is 0 Å². The number of nitrogens with one attached hydrogen (secondary N) is 1. The zero-order valence-corrected chi connectivity index (χ0v) is 16.1. The van der Waals surface area contributed by atoms with E-state index in [-0.39, 0.29) is 24.0 Å². The maximum absolute atomic E-state index is 12.4. The summed E-state index contributed by atoms with van der Waals surface area (Å²) in [5, 5.41) is 2.89. The van der Waals surface area contributed by atoms with E-state index in [1.807, 2.05) is 20.9 Å². The van der Waals surface area contributed by atoms with E-state index in [1.54, 1.807) is 24.3 Å². The van der Waals surface area contributed by atoms with Crippen LogP contribution in [0.25, 0.3) is 0 Å². The first-order valence-electron chi connectivity index (χ1n) is 9.33. The third-order valence-electron chi connectivity index (χ3n) is 4.77. The zero-order valence-electron chi connectivity index (χ0n) is 16.1. The highest BCUT2D eigenvalue weighted by Gasteiger charge is 2.26. The number of hydrogen-bond acceptors (Lipinski definition) is 4. The SMILES string of the molecule is CC(C)OC(=O)c1ccc(NC(=O)CN(C)[C@H]2CCc3ccccc32)cc1. The average Bonchev–Trinajstić information content (AvgIpc) is 3.06. The monoisotopic (exact) mass is 366 g/mol. The number of ether oxygens (including phenoxy) is 1. The number of fused-ring (bicyclic) bond motifs is 1. The van der Waals surface area contributed by atoms with Gasteiger partial charge in [0.1, 0.15) is 0 Å². The third kappa shape index (κ3) is 4.74. The van der Waals surface area contributed by atoms with Crippen molar-refractivity contribution in [2.24, 2.45) is 0 Å². The molecule has 0 saturated heterocycles. The maximum Gasteiger partial charge on any atom is 0.338 e. The second-order valence-electron chi connectivity index (χ2n) is 7.25. The predicted octanol–water partition coefficient (Wildman–Crippen LogP) is 3.81. The first-order chi connectivity index (χ1) is 12.9. The molecule has 0 heterocycles. The molecule has 27 heavy (non-hydrogen) atoms. The van der Waals surface area contributed by atoms with Crippen LogP contribution in [0, 0.1) is 0 Å². The second kappa shape index (κ2) is 8.35. The molecular formula is C22H26N2O3. The minimum atomic E-state index is -0.359. The summed E-state index contributed by atoms with van der Waals surface area (Å²) in [7, 11) is 1.98. The van der Waals surface area contributed by atoms with Crippen molar-refractivity contribution in [3.8, 4) is 0 Å². The van der Waals surface area contributed by atoms with Crippen molar-refractivity contribution in [1.82, 2.24) is 4.90 Å². The van der Waals surface area contributed by atoms with E-state index in [1.165, 1.54) is 11.1 Å². The standard InChI is InChI=1S/C22H26N2O3/c1-15(2)27-22(26)17-8-11-18(12-9-17)23-21(25)14-24(3)20-13-10-16-6-4-5-7-19(16)20/h4-9,11-12,15,20H,10,13-14H2,1-3H3,(H,23,25)/t20-/m0/s1. The number of amides is 1. The van der Waals surface area contributed by atoms with Crippen molar-refractivity contribution in [2.75, 3.05) is 18.9 Å². The average molecular weight is 366 g/mol. The summed E-state index contributed by atoms with van der Waals surface area (Å²) in [6.07, 6.45) is 1.93. The molecule has 0 spiro atoms. The van der Waals surface area contributed by atoms with Crippen LogP contribution in [0.15, 0.2) is 48.5 Å². The summed E-state index contributed by atoms with van der Waals surface area (Å²) in [6, 6.07) is 15.5. The summed E-state index contributed by atoms with van der Waals surface area (Å²) in [5.74, 6) is -0.429. The molecule has 5 heteroatoms. The molecule has 0 saturated carbocycles. The molecule has 0 radical (unpaired) electrons. The van der Waals surface area contributed by atoms with Gasteiger partial charge in [-0.3, -0.25) is 9.69 Å². The highest BCUT2D eigenvalue weighted by Crippen LogP contribution is 2.34. The maximum atomic E-state index is 12.4. The van der Waals surface area contributed by atoms with E-state index >= 15 is 0 Å². The van der Waals surface area contributed by atoms with Crippen molar-refractivity contribution in [2.45, 2.75) is 38.8 Å². The number of carbonyl (C=O) groups is 2. The largest absolute Gasteiger partial charge is 0.459 e. The van der Waals surface area contributed by atoms with Crippen LogP contribution in [0.4, 0.5) is 5.69 Å². The summed E-state index contributed by atoms with van der Waals surface area (Å²) in [5.41, 5.74) is 3.84. The molecule has 142 valence electrons. The zero-order chi connectivity index (χ0) is 19.4. The molecule has 0 aliphatic heterocycles. The summed E-state index contributed by atoms with van der Waals surface area (Å²) in [6.45, 7) is 3.94. The number of nitrogens with zero attached hydrogens (tertiary/aromatic N) is 1. The highest BCUT2D eigenvalue weighted by molar-refractivity contribution is 5.94. The van der Waals surface area contributed by atoms with Gasteiger partial charge in [0, 0.05) is 11.7 Å². The summed E-state index contributed by atoms with van der Waals surface area (Å²) >= 11 is 0. The quantitative estimate of drug-likeness (QED) is 0.790. The van der Waals surface area contributed by atoms with Crippen molar-refractivity contribution >= 4 is 17.6 Å². The van der Waals surface area contributed by atoms with Gasteiger partial charge in [-0.1, -0.05) is 24.3 Å². The lowest BCUT2D eigenvalue weighted by Crippen LogP contribution is -2.32. The highest BCUT2D eigenvalue weighted by atomic mass is 16.5. The lowest BCUT2D eigenvalue weighted by molar-refractivity contribution is -0.117. The van der Waals surface area contributed by atoms with Crippen LogP contribution in [0.2, 0.25) is 0 Å². The number of esters is 1. The van der Waals surface area contributed by atoms with Crippen LogP contribution < -0.4 is 5.32 Å². The van der Waals surface area contributed by atoms with Gasteiger partial charge < -0.3 is 10.1 Å². The van der Waals surface area contributed by atoms with Gasteiger partial charge in [-0.25, -0.2) is 4.79 Å². The molecular weight excluding hydrogens is 340 g/mol. The van der Waals surface area contributed by atoms with Gasteiger partial charge in [-0.2, -0.15) is 0 Å². The van der Waals surface area contributed by atoms with E-state index < -0.39 is 0 Å². The van der Waals surface area contributed by atoms with E-state index in [0.29, 0.717) is 17.8 Å². The molecule has 1 amide bonds. The van der Waals surface area contributed by atoms with Crippen molar-refractivity contribution in [3.05, 3.63) is 65.2 Å². The Kier molecular flexibility index (Phi) is 5.91. The third-order valence-corrected chi connectivity index (χ3v) is 4.77. The molecule has 0 fully saturated rings. The Morgan fingerprint density at radius 3 is 2.56 bits per heavy atom. The Labute approximate surface area is 160 Å². The summed E-state index contributed by atoms with van der Waals surface area (Å²) < 4.78 is 5.16. The Hall–Kier alpha value is -2.66. The number of likely N-dealkylation sites (N-methyl/N-ethyl adjacent to an activating group) is 1. The first-order valence-corrected chi connectivity index (χ1v) is 9.33. The molecule has 2 aromatic carbocycles. The van der Waals surface area contributed by atoms with Crippen LogP contribution in [-0.4, -0.2) is 36.5 Å². The van der Waals surface area contributed by atoms with Crippen molar-refractivity contribution in [1.29, 1.82) is 0 Å². The minimum absolute atomic E-state index is 0.0700. The Morgan fingerprint density at radius 1 is 1.15 bits per heavy atom. The number of benzene rings is 2. The van der Waals surface area contributed by atoms with Gasteiger partial charge in [0.05, 0.1) is 18.2 Å². The van der Waals surface area contributed by atoms with Gasteiger partial charge in [0.25, 0.3) is 0 Å². The molecule has 0 unspecified atom stereocenters. The van der Waals surface area contributed by atoms with Gasteiger partial charge in [-0.05, 0) is 69.1 Å². The normalized spacial score (nSPS) is 15.7. The molecule has 1 atom stereocenters. The van der Waals surface area contributed by atoms with Gasteiger partial charge in [0.15, 0.2) is 0 Å². The fourth-order valence-corrected chi connectivity index (χ4v) is 3.50. The lowest BCUT2D eigenvalue weighted by atomic mass is 10.1. The van der Waals surface area contributed by atoms with Crippen LogP contribution in [0.3, 0.4) is 0 Å². The number of rotatable bonds is 6. The fourth-order valence-electron chi connectivity index (χ4n) is 3.50. The fraction of sp³-hybridized carbons (Fsp3) is 0.364. The summed E-state index contributed by atoms with van der Waals surface area (Å²) in [4.78, 5) is 26.4. The van der Waals surface area contributed by atoms with Gasteiger partial charge in [-0.15, -0.1) is 0 Å². The molecule has 5 nitrogen and oxygen atoms in total. The molecule has 1 N–H and O–H groups in total.